The third-order valence-electron chi connectivity index (χ3n) is 3.86. The van der Waals surface area contributed by atoms with Crippen LogP contribution in [-0.4, -0.2) is 39.8 Å². The molecule has 128 valence electrons. The lowest BCUT2D eigenvalue weighted by molar-refractivity contribution is -0.148. The smallest absolute Gasteiger partial charge is 0.341 e. The molecule has 1 aliphatic heterocycles. The van der Waals surface area contributed by atoms with E-state index < -0.39 is 15.6 Å². The van der Waals surface area contributed by atoms with E-state index in [2.05, 4.69) is 0 Å². The zero-order chi connectivity index (χ0) is 17.0. The number of halogens is 2. The SMILES string of the molecule is CCOC(=O)C1CCN(c2ccccc2S(=O)(=O)C(F)F)CC1. The Morgan fingerprint density at radius 2 is 1.91 bits per heavy atom. The van der Waals surface area contributed by atoms with E-state index in [1.807, 2.05) is 0 Å². The van der Waals surface area contributed by atoms with Crippen LogP contribution >= 0.6 is 0 Å². The highest BCUT2D eigenvalue weighted by molar-refractivity contribution is 7.91. The summed E-state index contributed by atoms with van der Waals surface area (Å²) >= 11 is 0. The third kappa shape index (κ3) is 3.80. The van der Waals surface area contributed by atoms with Crippen molar-refractivity contribution in [1.82, 2.24) is 0 Å². The summed E-state index contributed by atoms with van der Waals surface area (Å²) in [7, 11) is -4.66. The van der Waals surface area contributed by atoms with Crippen molar-refractivity contribution in [2.45, 2.75) is 30.4 Å². The van der Waals surface area contributed by atoms with Crippen molar-refractivity contribution in [3.8, 4) is 0 Å². The fraction of sp³-hybridized carbons (Fsp3) is 0.533. The Morgan fingerprint density at radius 3 is 2.48 bits per heavy atom. The summed E-state index contributed by atoms with van der Waals surface area (Å²) in [5.74, 6) is -3.95. The van der Waals surface area contributed by atoms with Crippen LogP contribution in [0.5, 0.6) is 0 Å². The highest BCUT2D eigenvalue weighted by Crippen LogP contribution is 2.32. The van der Waals surface area contributed by atoms with Crippen LogP contribution in [0, 0.1) is 5.92 Å². The van der Waals surface area contributed by atoms with Gasteiger partial charge in [0.2, 0.25) is 9.84 Å². The molecule has 0 amide bonds. The normalized spacial score (nSPS) is 16.6. The van der Waals surface area contributed by atoms with E-state index >= 15 is 0 Å². The zero-order valence-corrected chi connectivity index (χ0v) is 13.6. The Morgan fingerprint density at radius 1 is 1.30 bits per heavy atom. The van der Waals surface area contributed by atoms with Crippen LogP contribution in [0.15, 0.2) is 29.2 Å². The number of hydrogen-bond donors (Lipinski definition) is 0. The van der Waals surface area contributed by atoms with Crippen molar-refractivity contribution in [2.75, 3.05) is 24.6 Å². The standard InChI is InChI=1S/C15H19F2NO4S/c1-2-22-14(19)11-7-9-18(10-8-11)12-5-3-4-6-13(12)23(20,21)15(16)17/h3-6,11,15H,2,7-10H2,1H3. The number of hydrogen-bond acceptors (Lipinski definition) is 5. The third-order valence-corrected chi connectivity index (χ3v) is 5.29. The number of piperidine rings is 1. The molecular weight excluding hydrogens is 328 g/mol. The molecule has 2 rings (SSSR count). The summed E-state index contributed by atoms with van der Waals surface area (Å²) in [6.45, 7) is 2.88. The number of ether oxygens (including phenoxy) is 1. The number of anilines is 1. The highest BCUT2D eigenvalue weighted by Gasteiger charge is 2.32. The maximum Gasteiger partial charge on any atom is 0.341 e. The second kappa shape index (κ2) is 7.25. The molecule has 0 aliphatic carbocycles. The average Bonchev–Trinajstić information content (AvgIpc) is 2.55. The fourth-order valence-electron chi connectivity index (χ4n) is 2.67. The molecule has 0 radical (unpaired) electrons. The highest BCUT2D eigenvalue weighted by atomic mass is 32.2. The van der Waals surface area contributed by atoms with Gasteiger partial charge in [-0.3, -0.25) is 4.79 Å². The van der Waals surface area contributed by atoms with Crippen LogP contribution in [-0.2, 0) is 19.4 Å². The number of nitrogens with zero attached hydrogens (tertiary/aromatic N) is 1. The van der Waals surface area contributed by atoms with Crippen LogP contribution in [0.1, 0.15) is 19.8 Å². The van der Waals surface area contributed by atoms with Crippen molar-refractivity contribution < 1.29 is 26.7 Å². The maximum atomic E-state index is 12.8. The number of esters is 1. The summed E-state index contributed by atoms with van der Waals surface area (Å²) in [5.41, 5.74) is 0.259. The minimum atomic E-state index is -4.66. The van der Waals surface area contributed by atoms with Crippen LogP contribution in [0.4, 0.5) is 14.5 Å². The summed E-state index contributed by atoms with van der Waals surface area (Å²) in [6, 6.07) is 5.73. The Kier molecular flexibility index (Phi) is 5.56. The van der Waals surface area contributed by atoms with E-state index in [9.17, 15) is 22.0 Å². The summed E-state index contributed by atoms with van der Waals surface area (Å²) in [5, 5.41) is 0. The first-order valence-electron chi connectivity index (χ1n) is 7.40. The van der Waals surface area contributed by atoms with Crippen LogP contribution in [0.25, 0.3) is 0 Å². The molecule has 0 bridgehead atoms. The number of carbonyl (C=O) groups excluding carboxylic acids is 1. The van der Waals surface area contributed by atoms with Gasteiger partial charge in [0.05, 0.1) is 23.1 Å². The molecule has 0 atom stereocenters. The molecule has 0 unspecified atom stereocenters. The van der Waals surface area contributed by atoms with Gasteiger partial charge in [-0.05, 0) is 31.9 Å². The molecule has 0 aromatic heterocycles. The van der Waals surface area contributed by atoms with Crippen LogP contribution in [0.2, 0.25) is 0 Å². The number of benzene rings is 1. The Labute approximate surface area is 134 Å². The van der Waals surface area contributed by atoms with Gasteiger partial charge in [0.15, 0.2) is 0 Å². The van der Waals surface area contributed by atoms with Gasteiger partial charge in [-0.25, -0.2) is 8.42 Å². The number of carbonyl (C=O) groups is 1. The minimum Gasteiger partial charge on any atom is -0.466 e. The molecular formula is C15H19F2NO4S. The topological polar surface area (TPSA) is 63.7 Å². The Balaban J connectivity index is 2.18. The van der Waals surface area contributed by atoms with Crippen LogP contribution < -0.4 is 4.90 Å². The number of sulfone groups is 1. The quantitative estimate of drug-likeness (QED) is 0.766. The Hall–Kier alpha value is -1.70. The second-order valence-electron chi connectivity index (χ2n) is 5.29. The molecule has 1 aromatic rings. The number of para-hydroxylation sites is 1. The molecule has 23 heavy (non-hydrogen) atoms. The fourth-order valence-corrected chi connectivity index (χ4v) is 3.62. The first kappa shape index (κ1) is 17.7. The first-order chi connectivity index (χ1) is 10.9. The minimum absolute atomic E-state index is 0.231. The molecule has 0 N–H and O–H groups in total. The van der Waals surface area contributed by atoms with Gasteiger partial charge in [-0.15, -0.1) is 0 Å². The van der Waals surface area contributed by atoms with Crippen molar-refractivity contribution in [1.29, 1.82) is 0 Å². The van der Waals surface area contributed by atoms with Crippen molar-refractivity contribution in [3.63, 3.8) is 0 Å². The lowest BCUT2D eigenvalue weighted by atomic mass is 9.96. The van der Waals surface area contributed by atoms with Gasteiger partial charge in [0.1, 0.15) is 0 Å². The Bertz CT molecular complexity index is 655. The van der Waals surface area contributed by atoms with Gasteiger partial charge in [0, 0.05) is 13.1 Å². The summed E-state index contributed by atoms with van der Waals surface area (Å²) in [4.78, 5) is 13.1. The summed E-state index contributed by atoms with van der Waals surface area (Å²) < 4.78 is 54.2. The van der Waals surface area contributed by atoms with E-state index in [-0.39, 0.29) is 22.5 Å². The van der Waals surface area contributed by atoms with Gasteiger partial charge in [-0.2, -0.15) is 8.78 Å². The van der Waals surface area contributed by atoms with Crippen molar-refractivity contribution in [2.24, 2.45) is 5.92 Å². The largest absolute Gasteiger partial charge is 0.466 e. The maximum absolute atomic E-state index is 12.8. The number of alkyl halides is 2. The monoisotopic (exact) mass is 347 g/mol. The predicted molar refractivity (Wildman–Crippen MR) is 81.2 cm³/mol. The zero-order valence-electron chi connectivity index (χ0n) is 12.7. The molecule has 0 saturated carbocycles. The molecule has 1 heterocycles. The lowest BCUT2D eigenvalue weighted by Gasteiger charge is -2.33. The summed E-state index contributed by atoms with van der Waals surface area (Å²) in [6.07, 6.45) is 1.00. The van der Waals surface area contributed by atoms with Crippen LogP contribution in [0.3, 0.4) is 0 Å². The van der Waals surface area contributed by atoms with Gasteiger partial charge in [0.25, 0.3) is 0 Å². The van der Waals surface area contributed by atoms with Crippen molar-refractivity contribution >= 4 is 21.5 Å². The lowest BCUT2D eigenvalue weighted by Crippen LogP contribution is -2.37. The van der Waals surface area contributed by atoms with Gasteiger partial charge < -0.3 is 9.64 Å². The molecule has 1 aromatic carbocycles. The predicted octanol–water partition coefficient (Wildman–Crippen LogP) is 2.46. The molecule has 8 heteroatoms. The number of rotatable bonds is 5. The van der Waals surface area contributed by atoms with Gasteiger partial charge >= 0.3 is 11.7 Å². The molecule has 1 aliphatic rings. The molecule has 1 saturated heterocycles. The van der Waals surface area contributed by atoms with E-state index in [1.165, 1.54) is 18.2 Å². The molecule has 0 spiro atoms. The van der Waals surface area contributed by atoms with Gasteiger partial charge in [-0.1, -0.05) is 12.1 Å². The van der Waals surface area contributed by atoms with E-state index in [4.69, 9.17) is 4.74 Å². The molecule has 1 fully saturated rings. The van der Waals surface area contributed by atoms with E-state index in [0.29, 0.717) is 32.5 Å². The molecule has 5 nitrogen and oxygen atoms in total. The second-order valence-corrected chi connectivity index (χ2v) is 7.17. The average molecular weight is 347 g/mol. The van der Waals surface area contributed by atoms with E-state index in [1.54, 1.807) is 17.9 Å². The first-order valence-corrected chi connectivity index (χ1v) is 8.95. The van der Waals surface area contributed by atoms with E-state index in [0.717, 1.165) is 0 Å². The van der Waals surface area contributed by atoms with Crippen molar-refractivity contribution in [3.05, 3.63) is 24.3 Å².